The van der Waals surface area contributed by atoms with E-state index in [-0.39, 0.29) is 0 Å². The van der Waals surface area contributed by atoms with E-state index in [1.54, 1.807) is 6.92 Å². The maximum absolute atomic E-state index is 11.2. The molecular formula is C11H12O4. The standard InChI is InChI=1S/C11H12O4/c1-3-15-10-6-8(11(13)14-2)4-5-9(10)7-12/h4-7H,3H2,1-2H3. The van der Waals surface area contributed by atoms with Gasteiger partial charge in [0.05, 0.1) is 24.8 Å². The maximum Gasteiger partial charge on any atom is 0.337 e. The van der Waals surface area contributed by atoms with Crippen LogP contribution >= 0.6 is 0 Å². The molecule has 4 nitrogen and oxygen atoms in total. The van der Waals surface area contributed by atoms with Crippen LogP contribution in [0.2, 0.25) is 0 Å². The van der Waals surface area contributed by atoms with Crippen molar-refractivity contribution >= 4 is 12.3 Å². The van der Waals surface area contributed by atoms with Gasteiger partial charge in [-0.3, -0.25) is 4.79 Å². The zero-order valence-electron chi connectivity index (χ0n) is 8.65. The van der Waals surface area contributed by atoms with Gasteiger partial charge in [-0.2, -0.15) is 0 Å². The smallest absolute Gasteiger partial charge is 0.337 e. The maximum atomic E-state index is 11.2. The van der Waals surface area contributed by atoms with Crippen LogP contribution < -0.4 is 4.74 Å². The quantitative estimate of drug-likeness (QED) is 0.558. The number of hydrogen-bond acceptors (Lipinski definition) is 4. The van der Waals surface area contributed by atoms with Crippen LogP contribution in [0.3, 0.4) is 0 Å². The fourth-order valence-electron chi connectivity index (χ4n) is 1.16. The number of methoxy groups -OCH3 is 1. The number of aldehydes is 1. The first kappa shape index (κ1) is 11.2. The number of rotatable bonds is 4. The number of ether oxygens (including phenoxy) is 2. The molecular weight excluding hydrogens is 196 g/mol. The Kier molecular flexibility index (Phi) is 3.85. The largest absolute Gasteiger partial charge is 0.493 e. The Morgan fingerprint density at radius 2 is 2.20 bits per heavy atom. The number of benzene rings is 1. The van der Waals surface area contributed by atoms with E-state index in [0.717, 1.165) is 0 Å². The van der Waals surface area contributed by atoms with Gasteiger partial charge in [0.2, 0.25) is 0 Å². The van der Waals surface area contributed by atoms with E-state index < -0.39 is 5.97 Å². The Morgan fingerprint density at radius 1 is 1.47 bits per heavy atom. The third kappa shape index (κ3) is 2.56. The van der Waals surface area contributed by atoms with Crippen molar-refractivity contribution in [2.75, 3.05) is 13.7 Å². The van der Waals surface area contributed by atoms with Crippen molar-refractivity contribution < 1.29 is 19.1 Å². The molecule has 0 amide bonds. The predicted octanol–water partition coefficient (Wildman–Crippen LogP) is 1.68. The first-order chi connectivity index (χ1) is 7.22. The number of hydrogen-bond donors (Lipinski definition) is 0. The molecule has 1 aromatic rings. The lowest BCUT2D eigenvalue weighted by Gasteiger charge is -2.07. The van der Waals surface area contributed by atoms with Gasteiger partial charge >= 0.3 is 5.97 Å². The highest BCUT2D eigenvalue weighted by molar-refractivity contribution is 5.91. The second kappa shape index (κ2) is 5.14. The SMILES string of the molecule is CCOc1cc(C(=O)OC)ccc1C=O. The molecule has 80 valence electrons. The summed E-state index contributed by atoms with van der Waals surface area (Å²) in [6.07, 6.45) is 0.687. The van der Waals surface area contributed by atoms with Crippen LogP contribution in [0.4, 0.5) is 0 Å². The van der Waals surface area contributed by atoms with E-state index >= 15 is 0 Å². The second-order valence-corrected chi connectivity index (χ2v) is 2.80. The molecule has 0 aliphatic carbocycles. The molecule has 0 spiro atoms. The minimum Gasteiger partial charge on any atom is -0.493 e. The second-order valence-electron chi connectivity index (χ2n) is 2.80. The topological polar surface area (TPSA) is 52.6 Å². The molecule has 0 saturated carbocycles. The number of esters is 1. The average molecular weight is 208 g/mol. The lowest BCUT2D eigenvalue weighted by atomic mass is 10.1. The van der Waals surface area contributed by atoms with Crippen molar-refractivity contribution in [3.05, 3.63) is 29.3 Å². The molecule has 0 fully saturated rings. The first-order valence-electron chi connectivity index (χ1n) is 4.53. The third-order valence-electron chi connectivity index (χ3n) is 1.86. The van der Waals surface area contributed by atoms with Gasteiger partial charge in [0, 0.05) is 0 Å². The summed E-state index contributed by atoms with van der Waals surface area (Å²) in [5, 5.41) is 0. The van der Waals surface area contributed by atoms with Crippen molar-refractivity contribution in [3.8, 4) is 5.75 Å². The van der Waals surface area contributed by atoms with Crippen molar-refractivity contribution in [2.24, 2.45) is 0 Å². The Balaban J connectivity index is 3.09. The van der Waals surface area contributed by atoms with Gasteiger partial charge in [-0.05, 0) is 25.1 Å². The summed E-state index contributed by atoms with van der Waals surface area (Å²) in [7, 11) is 1.30. The van der Waals surface area contributed by atoms with Crippen LogP contribution in [-0.4, -0.2) is 26.0 Å². The Bertz CT molecular complexity index is 371. The first-order valence-corrected chi connectivity index (χ1v) is 4.53. The van der Waals surface area contributed by atoms with E-state index in [9.17, 15) is 9.59 Å². The molecule has 0 aliphatic heterocycles. The lowest BCUT2D eigenvalue weighted by molar-refractivity contribution is 0.0600. The summed E-state index contributed by atoms with van der Waals surface area (Å²) in [4.78, 5) is 21.9. The molecule has 0 aromatic heterocycles. The van der Waals surface area contributed by atoms with Crippen molar-refractivity contribution in [3.63, 3.8) is 0 Å². The molecule has 0 bridgehead atoms. The molecule has 0 radical (unpaired) electrons. The summed E-state index contributed by atoms with van der Waals surface area (Å²) in [5.74, 6) is -0.0520. The normalized spacial score (nSPS) is 9.47. The summed E-state index contributed by atoms with van der Waals surface area (Å²) in [6.45, 7) is 2.24. The molecule has 1 rings (SSSR count). The fourth-order valence-corrected chi connectivity index (χ4v) is 1.16. The minimum atomic E-state index is -0.451. The van der Waals surface area contributed by atoms with Gasteiger partial charge in [-0.1, -0.05) is 0 Å². The summed E-state index contributed by atoms with van der Waals surface area (Å²) < 4.78 is 9.78. The molecule has 0 atom stereocenters. The van der Waals surface area contributed by atoms with Crippen LogP contribution in [0, 0.1) is 0 Å². The molecule has 15 heavy (non-hydrogen) atoms. The molecule has 0 N–H and O–H groups in total. The fraction of sp³-hybridized carbons (Fsp3) is 0.273. The van der Waals surface area contributed by atoms with Gasteiger partial charge < -0.3 is 9.47 Å². The van der Waals surface area contributed by atoms with Crippen molar-refractivity contribution in [1.29, 1.82) is 0 Å². The Labute approximate surface area is 87.8 Å². The molecule has 0 heterocycles. The van der Waals surface area contributed by atoms with Crippen LogP contribution in [-0.2, 0) is 4.74 Å². The molecule has 4 heteroatoms. The van der Waals surface area contributed by atoms with Crippen LogP contribution in [0.5, 0.6) is 5.75 Å². The van der Waals surface area contributed by atoms with Crippen LogP contribution in [0.25, 0.3) is 0 Å². The highest BCUT2D eigenvalue weighted by Crippen LogP contribution is 2.19. The summed E-state index contributed by atoms with van der Waals surface area (Å²) in [5.41, 5.74) is 0.788. The van der Waals surface area contributed by atoms with Gasteiger partial charge in [0.1, 0.15) is 5.75 Å². The van der Waals surface area contributed by atoms with Gasteiger partial charge in [0.25, 0.3) is 0 Å². The lowest BCUT2D eigenvalue weighted by Crippen LogP contribution is -2.03. The van der Waals surface area contributed by atoms with Gasteiger partial charge in [-0.15, -0.1) is 0 Å². The third-order valence-corrected chi connectivity index (χ3v) is 1.86. The van der Waals surface area contributed by atoms with Crippen molar-refractivity contribution in [1.82, 2.24) is 0 Å². The summed E-state index contributed by atoms with van der Waals surface area (Å²) >= 11 is 0. The van der Waals surface area contributed by atoms with E-state index in [4.69, 9.17) is 4.74 Å². The van der Waals surface area contributed by atoms with Crippen LogP contribution in [0.1, 0.15) is 27.6 Å². The number of carbonyl (C=O) groups excluding carboxylic acids is 2. The average Bonchev–Trinajstić information content (AvgIpc) is 2.28. The van der Waals surface area contributed by atoms with Crippen LogP contribution in [0.15, 0.2) is 18.2 Å². The highest BCUT2D eigenvalue weighted by atomic mass is 16.5. The van der Waals surface area contributed by atoms with E-state index in [1.165, 1.54) is 25.3 Å². The highest BCUT2D eigenvalue weighted by Gasteiger charge is 2.09. The molecule has 1 aromatic carbocycles. The predicted molar refractivity (Wildman–Crippen MR) is 54.3 cm³/mol. The summed E-state index contributed by atoms with van der Waals surface area (Å²) in [6, 6.07) is 4.56. The van der Waals surface area contributed by atoms with Gasteiger partial charge in [0.15, 0.2) is 6.29 Å². The minimum absolute atomic E-state index is 0.367. The van der Waals surface area contributed by atoms with Gasteiger partial charge in [-0.25, -0.2) is 4.79 Å². The molecule has 0 aliphatic rings. The zero-order valence-corrected chi connectivity index (χ0v) is 8.65. The van der Waals surface area contributed by atoms with Crippen molar-refractivity contribution in [2.45, 2.75) is 6.92 Å². The van der Waals surface area contributed by atoms with E-state index in [1.807, 2.05) is 0 Å². The van der Waals surface area contributed by atoms with E-state index in [2.05, 4.69) is 4.74 Å². The number of carbonyl (C=O) groups is 2. The Morgan fingerprint density at radius 3 is 2.73 bits per heavy atom. The molecule has 0 saturated heterocycles. The molecule has 0 unspecified atom stereocenters. The van der Waals surface area contributed by atoms with E-state index in [0.29, 0.717) is 29.8 Å². The monoisotopic (exact) mass is 208 g/mol. The Hall–Kier alpha value is -1.84. The zero-order chi connectivity index (χ0) is 11.3.